The summed E-state index contributed by atoms with van der Waals surface area (Å²) in [6.07, 6.45) is 6.54. The molecule has 3 aromatic heterocycles. The summed E-state index contributed by atoms with van der Waals surface area (Å²) in [5.41, 5.74) is 3.80. The summed E-state index contributed by atoms with van der Waals surface area (Å²) in [6.45, 7) is 3.71. The van der Waals surface area contributed by atoms with Crippen molar-refractivity contribution >= 4 is 29.1 Å². The van der Waals surface area contributed by atoms with Gasteiger partial charge in [-0.1, -0.05) is 6.07 Å². The third-order valence-electron chi connectivity index (χ3n) is 4.74. The summed E-state index contributed by atoms with van der Waals surface area (Å²) in [5, 5.41) is 14.6. The second-order valence-electron chi connectivity index (χ2n) is 7.29. The van der Waals surface area contributed by atoms with Crippen molar-refractivity contribution in [2.24, 2.45) is 7.05 Å². The lowest BCUT2D eigenvalue weighted by molar-refractivity contribution is 0.0421. The average Bonchev–Trinajstić information content (AvgIpc) is 3.25. The van der Waals surface area contributed by atoms with Crippen LogP contribution in [0.5, 0.6) is 0 Å². The molecule has 0 saturated heterocycles. The minimum Gasteiger partial charge on any atom is -0.438 e. The van der Waals surface area contributed by atoms with E-state index in [-0.39, 0.29) is 0 Å². The Bertz CT molecular complexity index is 1260. The van der Waals surface area contributed by atoms with Crippen molar-refractivity contribution in [1.29, 1.82) is 0 Å². The third-order valence-corrected chi connectivity index (χ3v) is 4.74. The number of amides is 1. The van der Waals surface area contributed by atoms with Gasteiger partial charge < -0.3 is 10.1 Å². The molecule has 1 aromatic carbocycles. The fraction of sp³-hybridized carbons (Fsp3) is 0.211. The molecule has 0 radical (unpaired) electrons. The van der Waals surface area contributed by atoms with Gasteiger partial charge in [0.2, 0.25) is 5.95 Å². The Balaban J connectivity index is 1.50. The predicted octanol–water partition coefficient (Wildman–Crippen LogP) is 3.07. The number of cyclic esters (lactones) is 1. The largest absolute Gasteiger partial charge is 0.438 e. The van der Waals surface area contributed by atoms with Crippen molar-refractivity contribution in [1.82, 2.24) is 29.4 Å². The summed E-state index contributed by atoms with van der Waals surface area (Å²) in [6, 6.07) is 5.65. The van der Waals surface area contributed by atoms with Gasteiger partial charge in [-0.15, -0.1) is 5.10 Å². The molecule has 29 heavy (non-hydrogen) atoms. The first-order valence-electron chi connectivity index (χ1n) is 9.01. The maximum absolute atomic E-state index is 11.8. The Morgan fingerprint density at radius 3 is 2.93 bits per heavy atom. The number of rotatable bonds is 3. The molecule has 4 aromatic rings. The van der Waals surface area contributed by atoms with Crippen LogP contribution in [0.1, 0.15) is 19.4 Å². The molecule has 0 atom stereocenters. The van der Waals surface area contributed by atoms with Crippen LogP contribution in [0.25, 0.3) is 16.9 Å². The molecule has 0 fully saturated rings. The first-order chi connectivity index (χ1) is 13.9. The molecule has 2 N–H and O–H groups in total. The Morgan fingerprint density at radius 1 is 1.28 bits per heavy atom. The van der Waals surface area contributed by atoms with Crippen LogP contribution < -0.4 is 10.6 Å². The summed E-state index contributed by atoms with van der Waals surface area (Å²) in [7, 11) is 1.85. The van der Waals surface area contributed by atoms with E-state index in [2.05, 4.69) is 30.8 Å². The highest BCUT2D eigenvalue weighted by atomic mass is 16.6. The minimum atomic E-state index is -0.693. The topological polar surface area (TPSA) is 111 Å². The molecule has 1 aliphatic rings. The number of ether oxygens (including phenoxy) is 1. The molecule has 0 bridgehead atoms. The molecule has 0 saturated carbocycles. The number of aromatic nitrogens is 6. The van der Waals surface area contributed by atoms with E-state index >= 15 is 0 Å². The van der Waals surface area contributed by atoms with Gasteiger partial charge in [-0.2, -0.15) is 10.1 Å². The molecule has 4 heterocycles. The van der Waals surface area contributed by atoms with Crippen LogP contribution in [0.3, 0.4) is 0 Å². The number of hydrogen-bond donors (Lipinski definition) is 2. The number of hydrogen-bond acceptors (Lipinski definition) is 7. The maximum Gasteiger partial charge on any atom is 0.412 e. The van der Waals surface area contributed by atoms with Gasteiger partial charge in [-0.05, 0) is 26.0 Å². The van der Waals surface area contributed by atoms with Crippen LogP contribution in [0.2, 0.25) is 0 Å². The number of nitrogens with one attached hydrogen (secondary N) is 2. The summed E-state index contributed by atoms with van der Waals surface area (Å²) < 4.78 is 8.72. The van der Waals surface area contributed by atoms with E-state index in [1.807, 2.05) is 45.3 Å². The Kier molecular flexibility index (Phi) is 3.57. The second kappa shape index (κ2) is 6.03. The SMILES string of the molecule is Cn1cc(-c2nccn3nc(Nc4ccc5c(c4)NC(=O)OC5(C)C)nc23)cn1. The van der Waals surface area contributed by atoms with Crippen molar-refractivity contribution in [2.75, 3.05) is 10.6 Å². The van der Waals surface area contributed by atoms with Crippen molar-refractivity contribution in [3.05, 3.63) is 48.5 Å². The Labute approximate surface area is 165 Å². The summed E-state index contributed by atoms with van der Waals surface area (Å²) in [4.78, 5) is 20.8. The predicted molar refractivity (Wildman–Crippen MR) is 106 cm³/mol. The van der Waals surface area contributed by atoms with Gasteiger partial charge in [-0.3, -0.25) is 15.0 Å². The van der Waals surface area contributed by atoms with Crippen molar-refractivity contribution < 1.29 is 9.53 Å². The molecule has 1 amide bonds. The number of benzene rings is 1. The maximum atomic E-state index is 11.8. The molecule has 10 heteroatoms. The van der Waals surface area contributed by atoms with Gasteiger partial charge in [0, 0.05) is 42.5 Å². The molecule has 10 nitrogen and oxygen atoms in total. The lowest BCUT2D eigenvalue weighted by Crippen LogP contribution is -2.34. The van der Waals surface area contributed by atoms with Gasteiger partial charge in [0.15, 0.2) is 5.65 Å². The zero-order valence-electron chi connectivity index (χ0n) is 16.0. The quantitative estimate of drug-likeness (QED) is 0.553. The van der Waals surface area contributed by atoms with E-state index < -0.39 is 11.7 Å². The number of anilines is 3. The van der Waals surface area contributed by atoms with E-state index in [1.165, 1.54) is 0 Å². The molecule has 146 valence electrons. The van der Waals surface area contributed by atoms with Crippen LogP contribution >= 0.6 is 0 Å². The molecule has 0 aliphatic carbocycles. The number of aryl methyl sites for hydroxylation is 1. The van der Waals surface area contributed by atoms with Crippen molar-refractivity contribution in [3.63, 3.8) is 0 Å². The number of nitrogens with zero attached hydrogens (tertiary/aromatic N) is 6. The van der Waals surface area contributed by atoms with Crippen LogP contribution in [0, 0.1) is 0 Å². The second-order valence-corrected chi connectivity index (χ2v) is 7.29. The zero-order chi connectivity index (χ0) is 20.2. The normalized spacial score (nSPS) is 14.9. The zero-order valence-corrected chi connectivity index (χ0v) is 16.0. The number of fused-ring (bicyclic) bond motifs is 2. The highest BCUT2D eigenvalue weighted by molar-refractivity contribution is 5.90. The molecular formula is C19H18N8O2. The fourth-order valence-electron chi connectivity index (χ4n) is 3.42. The molecule has 1 aliphatic heterocycles. The van der Waals surface area contributed by atoms with Gasteiger partial charge in [-0.25, -0.2) is 9.31 Å². The standard InChI is InChI=1S/C19H18N8O2/c1-19(2)13-5-4-12(8-14(13)23-18(28)29-19)22-17-24-16-15(11-9-21-26(3)10-11)20-6-7-27(16)25-17/h4-10H,1-3H3,(H,22,25)(H,23,28). The van der Waals surface area contributed by atoms with Crippen molar-refractivity contribution in [2.45, 2.75) is 19.4 Å². The van der Waals surface area contributed by atoms with E-state index in [1.54, 1.807) is 27.8 Å². The van der Waals surface area contributed by atoms with Gasteiger partial charge in [0.25, 0.3) is 0 Å². The number of carbonyl (C=O) groups excluding carboxylic acids is 1. The first kappa shape index (κ1) is 17.2. The summed E-state index contributed by atoms with van der Waals surface area (Å²) in [5.74, 6) is 0.417. The van der Waals surface area contributed by atoms with Gasteiger partial charge in [0.05, 0.1) is 11.9 Å². The van der Waals surface area contributed by atoms with E-state index in [9.17, 15) is 4.79 Å². The van der Waals surface area contributed by atoms with Gasteiger partial charge in [0.1, 0.15) is 11.3 Å². The van der Waals surface area contributed by atoms with Gasteiger partial charge >= 0.3 is 6.09 Å². The van der Waals surface area contributed by atoms with Crippen LogP contribution in [0.4, 0.5) is 22.1 Å². The van der Waals surface area contributed by atoms with Crippen molar-refractivity contribution in [3.8, 4) is 11.3 Å². The summed E-state index contributed by atoms with van der Waals surface area (Å²) >= 11 is 0. The van der Waals surface area contributed by atoms with Crippen LogP contribution in [-0.2, 0) is 17.4 Å². The highest BCUT2D eigenvalue weighted by Crippen LogP contribution is 2.37. The van der Waals surface area contributed by atoms with Crippen LogP contribution in [-0.4, -0.2) is 35.5 Å². The smallest absolute Gasteiger partial charge is 0.412 e. The Hall–Kier alpha value is -3.95. The Morgan fingerprint density at radius 2 is 2.14 bits per heavy atom. The molecule has 5 rings (SSSR count). The van der Waals surface area contributed by atoms with E-state index in [0.29, 0.717) is 23.0 Å². The first-order valence-corrected chi connectivity index (χ1v) is 9.01. The third kappa shape index (κ3) is 2.94. The lowest BCUT2D eigenvalue weighted by Gasteiger charge is -2.32. The number of carbonyl (C=O) groups is 1. The molecule has 0 spiro atoms. The average molecular weight is 390 g/mol. The monoisotopic (exact) mass is 390 g/mol. The van der Waals surface area contributed by atoms with E-state index in [0.717, 1.165) is 16.8 Å². The minimum absolute atomic E-state index is 0.417. The highest BCUT2D eigenvalue weighted by Gasteiger charge is 2.33. The molecule has 0 unspecified atom stereocenters. The molecular weight excluding hydrogens is 372 g/mol. The van der Waals surface area contributed by atoms with Crippen LogP contribution in [0.15, 0.2) is 43.0 Å². The fourth-order valence-corrected chi connectivity index (χ4v) is 3.42. The van der Waals surface area contributed by atoms with E-state index in [4.69, 9.17) is 4.74 Å². The lowest BCUT2D eigenvalue weighted by atomic mass is 9.94.